The maximum atomic E-state index is 12.9. The lowest BCUT2D eigenvalue weighted by Gasteiger charge is -1.95. The van der Waals surface area contributed by atoms with Crippen LogP contribution in [0.5, 0.6) is 0 Å². The second kappa shape index (κ2) is 4.52. The second-order valence-corrected chi connectivity index (χ2v) is 4.55. The standard InChI is InChI=1S/C15H9FN4O/c16-11-4-1-9(2-5-11)14-19-20-15(21-14)10-3-6-12-13(7-10)18-8-17-12/h1-8H,(H,17,18). The summed E-state index contributed by atoms with van der Waals surface area (Å²) in [5.74, 6) is 0.462. The van der Waals surface area contributed by atoms with E-state index in [1.165, 1.54) is 12.1 Å². The molecule has 0 aliphatic rings. The number of nitrogens with zero attached hydrogens (tertiary/aromatic N) is 3. The first-order valence-corrected chi connectivity index (χ1v) is 6.32. The van der Waals surface area contributed by atoms with Crippen molar-refractivity contribution in [3.05, 3.63) is 54.6 Å². The zero-order valence-electron chi connectivity index (χ0n) is 10.7. The van der Waals surface area contributed by atoms with Crippen LogP contribution in [0.2, 0.25) is 0 Å². The van der Waals surface area contributed by atoms with Crippen molar-refractivity contribution in [2.45, 2.75) is 0 Å². The van der Waals surface area contributed by atoms with Crippen LogP contribution in [0.25, 0.3) is 33.9 Å². The number of aromatic nitrogens is 4. The lowest BCUT2D eigenvalue weighted by atomic mass is 10.2. The molecule has 0 amide bonds. The van der Waals surface area contributed by atoms with E-state index in [4.69, 9.17) is 4.42 Å². The number of rotatable bonds is 2. The minimum atomic E-state index is -0.303. The molecule has 2 heterocycles. The van der Waals surface area contributed by atoms with Crippen molar-refractivity contribution in [3.63, 3.8) is 0 Å². The predicted octanol–water partition coefficient (Wildman–Crippen LogP) is 3.42. The molecule has 6 heteroatoms. The molecule has 2 aromatic heterocycles. The Bertz CT molecular complexity index is 911. The van der Waals surface area contributed by atoms with Crippen LogP contribution in [0.15, 0.2) is 53.2 Å². The zero-order chi connectivity index (χ0) is 14.2. The Labute approximate surface area is 118 Å². The summed E-state index contributed by atoms with van der Waals surface area (Å²) < 4.78 is 18.6. The molecule has 0 saturated heterocycles. The molecule has 2 aromatic carbocycles. The molecule has 1 N–H and O–H groups in total. The van der Waals surface area contributed by atoms with Crippen LogP contribution in [0.3, 0.4) is 0 Å². The van der Waals surface area contributed by atoms with Gasteiger partial charge in [-0.25, -0.2) is 9.37 Å². The van der Waals surface area contributed by atoms with Crippen molar-refractivity contribution < 1.29 is 8.81 Å². The van der Waals surface area contributed by atoms with E-state index in [1.807, 2.05) is 18.2 Å². The van der Waals surface area contributed by atoms with Crippen LogP contribution in [-0.2, 0) is 0 Å². The Morgan fingerprint density at radius 2 is 1.62 bits per heavy atom. The highest BCUT2D eigenvalue weighted by molar-refractivity contribution is 5.79. The fourth-order valence-electron chi connectivity index (χ4n) is 2.12. The highest BCUT2D eigenvalue weighted by Gasteiger charge is 2.11. The van der Waals surface area contributed by atoms with Crippen molar-refractivity contribution in [1.29, 1.82) is 0 Å². The molecule has 0 saturated carbocycles. The van der Waals surface area contributed by atoms with Crippen LogP contribution in [0.4, 0.5) is 4.39 Å². The van der Waals surface area contributed by atoms with E-state index in [1.54, 1.807) is 18.5 Å². The maximum Gasteiger partial charge on any atom is 0.248 e. The first-order valence-electron chi connectivity index (χ1n) is 6.32. The van der Waals surface area contributed by atoms with Gasteiger partial charge in [0.25, 0.3) is 0 Å². The summed E-state index contributed by atoms with van der Waals surface area (Å²) >= 11 is 0. The van der Waals surface area contributed by atoms with E-state index in [9.17, 15) is 4.39 Å². The summed E-state index contributed by atoms with van der Waals surface area (Å²) in [5, 5.41) is 8.03. The molecular formula is C15H9FN4O. The van der Waals surface area contributed by atoms with E-state index >= 15 is 0 Å². The summed E-state index contributed by atoms with van der Waals surface area (Å²) in [5.41, 5.74) is 3.25. The fraction of sp³-hybridized carbons (Fsp3) is 0. The molecular weight excluding hydrogens is 271 g/mol. The van der Waals surface area contributed by atoms with Crippen LogP contribution in [0, 0.1) is 5.82 Å². The third-order valence-corrected chi connectivity index (χ3v) is 3.18. The maximum absolute atomic E-state index is 12.9. The number of hydrogen-bond acceptors (Lipinski definition) is 4. The molecule has 0 atom stereocenters. The third-order valence-electron chi connectivity index (χ3n) is 3.18. The molecule has 0 unspecified atom stereocenters. The van der Waals surface area contributed by atoms with Crippen LogP contribution in [-0.4, -0.2) is 20.2 Å². The van der Waals surface area contributed by atoms with Gasteiger partial charge in [-0.05, 0) is 42.5 Å². The highest BCUT2D eigenvalue weighted by Crippen LogP contribution is 2.25. The summed E-state index contributed by atoms with van der Waals surface area (Å²) in [6.07, 6.45) is 1.63. The van der Waals surface area contributed by atoms with E-state index in [2.05, 4.69) is 20.2 Å². The van der Waals surface area contributed by atoms with Crippen LogP contribution >= 0.6 is 0 Å². The van der Waals surface area contributed by atoms with Gasteiger partial charge in [-0.2, -0.15) is 0 Å². The first kappa shape index (κ1) is 11.8. The lowest BCUT2D eigenvalue weighted by molar-refractivity contribution is 0.584. The Hall–Kier alpha value is -3.02. The zero-order valence-corrected chi connectivity index (χ0v) is 10.7. The summed E-state index contributed by atoms with van der Waals surface area (Å²) in [4.78, 5) is 7.19. The first-order chi connectivity index (χ1) is 10.3. The Balaban J connectivity index is 1.74. The van der Waals surface area contributed by atoms with Crippen molar-refractivity contribution in [3.8, 4) is 22.9 Å². The van der Waals surface area contributed by atoms with Gasteiger partial charge in [0, 0.05) is 11.1 Å². The van der Waals surface area contributed by atoms with Gasteiger partial charge in [0.2, 0.25) is 11.8 Å². The van der Waals surface area contributed by atoms with Crippen LogP contribution in [0.1, 0.15) is 0 Å². The molecule has 0 fully saturated rings. The minimum absolute atomic E-state index is 0.303. The van der Waals surface area contributed by atoms with E-state index < -0.39 is 0 Å². The monoisotopic (exact) mass is 280 g/mol. The summed E-state index contributed by atoms with van der Waals surface area (Å²) in [6.45, 7) is 0. The van der Waals surface area contributed by atoms with Gasteiger partial charge in [-0.3, -0.25) is 0 Å². The molecule has 0 aliphatic heterocycles. The fourth-order valence-corrected chi connectivity index (χ4v) is 2.12. The van der Waals surface area contributed by atoms with Crippen molar-refractivity contribution in [2.75, 3.05) is 0 Å². The quantitative estimate of drug-likeness (QED) is 0.611. The number of hydrogen-bond donors (Lipinski definition) is 1. The van der Waals surface area contributed by atoms with Gasteiger partial charge in [-0.15, -0.1) is 10.2 Å². The number of H-pyrrole nitrogens is 1. The Morgan fingerprint density at radius 3 is 2.43 bits per heavy atom. The van der Waals surface area contributed by atoms with Gasteiger partial charge in [0.05, 0.1) is 17.4 Å². The summed E-state index contributed by atoms with van der Waals surface area (Å²) in [7, 11) is 0. The third kappa shape index (κ3) is 2.06. The Kier molecular flexibility index (Phi) is 2.53. The number of imidazole rings is 1. The SMILES string of the molecule is Fc1ccc(-c2nnc(-c3ccc4nc[nH]c4c3)o2)cc1. The molecule has 4 aromatic rings. The number of benzene rings is 2. The number of nitrogens with one attached hydrogen (secondary N) is 1. The van der Waals surface area contributed by atoms with Crippen molar-refractivity contribution >= 4 is 11.0 Å². The van der Waals surface area contributed by atoms with Gasteiger partial charge in [0.1, 0.15) is 5.82 Å². The number of fused-ring (bicyclic) bond motifs is 1. The van der Waals surface area contributed by atoms with E-state index in [0.717, 1.165) is 16.6 Å². The second-order valence-electron chi connectivity index (χ2n) is 4.55. The normalized spacial score (nSPS) is 11.1. The highest BCUT2D eigenvalue weighted by atomic mass is 19.1. The number of aromatic amines is 1. The molecule has 0 radical (unpaired) electrons. The van der Waals surface area contributed by atoms with Crippen LogP contribution < -0.4 is 0 Å². The average Bonchev–Trinajstić information content (AvgIpc) is 3.16. The van der Waals surface area contributed by atoms with Crippen molar-refractivity contribution in [1.82, 2.24) is 20.2 Å². The minimum Gasteiger partial charge on any atom is -0.416 e. The van der Waals surface area contributed by atoms with Gasteiger partial charge in [-0.1, -0.05) is 0 Å². The lowest BCUT2D eigenvalue weighted by Crippen LogP contribution is -1.78. The number of halogens is 1. The molecule has 0 aliphatic carbocycles. The average molecular weight is 280 g/mol. The predicted molar refractivity (Wildman–Crippen MR) is 74.8 cm³/mol. The Morgan fingerprint density at radius 1 is 0.905 bits per heavy atom. The molecule has 0 bridgehead atoms. The van der Waals surface area contributed by atoms with Gasteiger partial charge in [0.15, 0.2) is 0 Å². The smallest absolute Gasteiger partial charge is 0.248 e. The van der Waals surface area contributed by atoms with Crippen molar-refractivity contribution in [2.24, 2.45) is 0 Å². The molecule has 4 rings (SSSR count). The molecule has 21 heavy (non-hydrogen) atoms. The topological polar surface area (TPSA) is 67.6 Å². The van der Waals surface area contributed by atoms with Gasteiger partial charge >= 0.3 is 0 Å². The molecule has 5 nitrogen and oxygen atoms in total. The largest absolute Gasteiger partial charge is 0.416 e. The van der Waals surface area contributed by atoms with E-state index in [0.29, 0.717) is 17.3 Å². The molecule has 0 spiro atoms. The van der Waals surface area contributed by atoms with E-state index in [-0.39, 0.29) is 5.82 Å². The van der Waals surface area contributed by atoms with Gasteiger partial charge < -0.3 is 9.40 Å². The summed E-state index contributed by atoms with van der Waals surface area (Å²) in [6, 6.07) is 11.6. The molecule has 102 valence electrons.